The van der Waals surface area contributed by atoms with Gasteiger partial charge in [-0.15, -0.1) is 0 Å². The lowest BCUT2D eigenvalue weighted by Gasteiger charge is -2.35. The molecule has 0 amide bonds. The Balaban J connectivity index is 1.97. The highest BCUT2D eigenvalue weighted by Crippen LogP contribution is 2.35. The summed E-state index contributed by atoms with van der Waals surface area (Å²) in [6.07, 6.45) is 0.642. The molecule has 0 spiro atoms. The standard InChI is InChI=1S/C14H16F2N4O4S/c1-8-10-5-9(6-17-12(10)19(2)18-8)25(23,24)20-4-3-11(13(21)22)14(15,16)7-20/h5-6,11H,3-4,7H2,1-2H3,(H,21,22). The number of aromatic nitrogens is 3. The minimum absolute atomic E-state index is 0.222. The Labute approximate surface area is 142 Å². The van der Waals surface area contributed by atoms with Gasteiger partial charge in [-0.3, -0.25) is 9.48 Å². The molecule has 25 heavy (non-hydrogen) atoms. The van der Waals surface area contributed by atoms with Gasteiger partial charge >= 0.3 is 5.97 Å². The van der Waals surface area contributed by atoms with Gasteiger partial charge in [0.2, 0.25) is 10.0 Å². The van der Waals surface area contributed by atoms with E-state index in [9.17, 15) is 22.0 Å². The van der Waals surface area contributed by atoms with Crippen LogP contribution in [0.3, 0.4) is 0 Å². The number of piperidine rings is 1. The van der Waals surface area contributed by atoms with E-state index in [0.29, 0.717) is 21.0 Å². The summed E-state index contributed by atoms with van der Waals surface area (Å²) in [6, 6.07) is 1.35. The number of sulfonamides is 1. The minimum Gasteiger partial charge on any atom is -0.481 e. The third-order valence-corrected chi connectivity index (χ3v) is 6.15. The number of fused-ring (bicyclic) bond motifs is 1. The van der Waals surface area contributed by atoms with Crippen molar-refractivity contribution < 1.29 is 27.1 Å². The molecule has 1 N–H and O–H groups in total. The van der Waals surface area contributed by atoms with E-state index in [4.69, 9.17) is 5.11 Å². The molecule has 1 atom stereocenters. The van der Waals surface area contributed by atoms with Gasteiger partial charge in [-0.1, -0.05) is 0 Å². The fourth-order valence-corrected chi connectivity index (χ4v) is 4.44. The monoisotopic (exact) mass is 374 g/mol. The summed E-state index contributed by atoms with van der Waals surface area (Å²) in [5.74, 6) is -7.16. The van der Waals surface area contributed by atoms with E-state index in [0.717, 1.165) is 6.20 Å². The normalized spacial score (nSPS) is 21.5. The van der Waals surface area contributed by atoms with E-state index in [1.807, 2.05) is 0 Å². The number of rotatable bonds is 3. The first-order chi connectivity index (χ1) is 11.5. The Morgan fingerprint density at radius 3 is 2.72 bits per heavy atom. The zero-order chi connectivity index (χ0) is 18.6. The molecule has 1 fully saturated rings. The Bertz CT molecular complexity index is 957. The number of hydrogen-bond donors (Lipinski definition) is 1. The Morgan fingerprint density at radius 2 is 2.12 bits per heavy atom. The predicted octanol–water partition coefficient (Wildman–Crippen LogP) is 1.01. The summed E-state index contributed by atoms with van der Waals surface area (Å²) >= 11 is 0. The molecule has 0 aliphatic carbocycles. The third-order valence-electron chi connectivity index (χ3n) is 4.34. The van der Waals surface area contributed by atoms with Crippen molar-refractivity contribution in [3.05, 3.63) is 18.0 Å². The van der Waals surface area contributed by atoms with E-state index >= 15 is 0 Å². The summed E-state index contributed by atoms with van der Waals surface area (Å²) in [6.45, 7) is 0.224. The lowest BCUT2D eigenvalue weighted by atomic mass is 9.94. The van der Waals surface area contributed by atoms with Crippen LogP contribution in [0.4, 0.5) is 8.78 Å². The van der Waals surface area contributed by atoms with E-state index in [1.54, 1.807) is 14.0 Å². The van der Waals surface area contributed by atoms with Crippen molar-refractivity contribution in [2.75, 3.05) is 13.1 Å². The number of aliphatic carboxylic acids is 1. The molecule has 1 saturated heterocycles. The first-order valence-electron chi connectivity index (χ1n) is 7.44. The Kier molecular flexibility index (Phi) is 4.03. The second kappa shape index (κ2) is 5.70. The molecular formula is C14H16F2N4O4S. The number of carboxylic acid groups (broad SMARTS) is 1. The van der Waals surface area contributed by atoms with Crippen molar-refractivity contribution in [3.63, 3.8) is 0 Å². The van der Waals surface area contributed by atoms with Gasteiger partial charge in [0.15, 0.2) is 5.65 Å². The summed E-state index contributed by atoms with van der Waals surface area (Å²) in [5.41, 5.74) is 1.04. The minimum atomic E-state index is -4.22. The largest absolute Gasteiger partial charge is 0.481 e. The van der Waals surface area contributed by atoms with E-state index in [-0.39, 0.29) is 11.4 Å². The van der Waals surface area contributed by atoms with Crippen LogP contribution in [0.2, 0.25) is 0 Å². The molecule has 11 heteroatoms. The summed E-state index contributed by atoms with van der Waals surface area (Å²) in [4.78, 5) is 14.7. The van der Waals surface area contributed by atoms with Gasteiger partial charge < -0.3 is 5.11 Å². The molecule has 3 rings (SSSR count). The predicted molar refractivity (Wildman–Crippen MR) is 82.7 cm³/mol. The average molecular weight is 374 g/mol. The van der Waals surface area contributed by atoms with E-state index in [2.05, 4.69) is 10.1 Å². The fourth-order valence-electron chi connectivity index (χ4n) is 3.00. The molecular weight excluding hydrogens is 358 g/mol. The highest BCUT2D eigenvalue weighted by Gasteiger charge is 2.51. The highest BCUT2D eigenvalue weighted by atomic mass is 32.2. The van der Waals surface area contributed by atoms with Crippen molar-refractivity contribution in [3.8, 4) is 0 Å². The quantitative estimate of drug-likeness (QED) is 0.860. The number of aryl methyl sites for hydroxylation is 2. The molecule has 1 aliphatic rings. The van der Waals surface area contributed by atoms with Crippen molar-refractivity contribution >= 4 is 27.0 Å². The Morgan fingerprint density at radius 1 is 1.44 bits per heavy atom. The summed E-state index contributed by atoms with van der Waals surface area (Å²) < 4.78 is 55.5. The molecule has 0 bridgehead atoms. The molecule has 8 nitrogen and oxygen atoms in total. The van der Waals surface area contributed by atoms with Gasteiger partial charge in [-0.25, -0.2) is 22.2 Å². The second-order valence-electron chi connectivity index (χ2n) is 6.03. The summed E-state index contributed by atoms with van der Waals surface area (Å²) in [5, 5.41) is 13.5. The van der Waals surface area contributed by atoms with E-state index in [1.165, 1.54) is 10.7 Å². The molecule has 2 aromatic rings. The van der Waals surface area contributed by atoms with Gasteiger partial charge in [-0.05, 0) is 19.4 Å². The smallest absolute Gasteiger partial charge is 0.312 e. The van der Waals surface area contributed by atoms with Crippen LogP contribution in [0.15, 0.2) is 17.2 Å². The van der Waals surface area contributed by atoms with Gasteiger partial charge in [0, 0.05) is 25.2 Å². The lowest BCUT2D eigenvalue weighted by Crippen LogP contribution is -2.52. The first kappa shape index (κ1) is 17.7. The maximum Gasteiger partial charge on any atom is 0.312 e. The number of carbonyl (C=O) groups is 1. The van der Waals surface area contributed by atoms with Crippen LogP contribution in [-0.2, 0) is 21.9 Å². The van der Waals surface area contributed by atoms with Crippen LogP contribution >= 0.6 is 0 Å². The maximum atomic E-state index is 14.0. The van der Waals surface area contributed by atoms with Crippen molar-refractivity contribution in [1.82, 2.24) is 19.1 Å². The Hall–Kier alpha value is -2.14. The fraction of sp³-hybridized carbons (Fsp3) is 0.500. The van der Waals surface area contributed by atoms with Gasteiger partial charge in [-0.2, -0.15) is 9.40 Å². The number of hydrogen-bond acceptors (Lipinski definition) is 5. The highest BCUT2D eigenvalue weighted by molar-refractivity contribution is 7.89. The van der Waals surface area contributed by atoms with Crippen LogP contribution in [-0.4, -0.2) is 57.6 Å². The SMILES string of the molecule is Cc1nn(C)c2ncc(S(=O)(=O)N3CCC(C(=O)O)C(F)(F)C3)cc12. The molecule has 136 valence electrons. The molecule has 1 unspecified atom stereocenters. The van der Waals surface area contributed by atoms with Crippen molar-refractivity contribution in [1.29, 1.82) is 0 Å². The number of halogens is 2. The number of nitrogens with zero attached hydrogens (tertiary/aromatic N) is 4. The molecule has 0 radical (unpaired) electrons. The van der Waals surface area contributed by atoms with Crippen LogP contribution in [0.5, 0.6) is 0 Å². The topological polar surface area (TPSA) is 105 Å². The van der Waals surface area contributed by atoms with Crippen LogP contribution in [0.1, 0.15) is 12.1 Å². The van der Waals surface area contributed by atoms with Crippen molar-refractivity contribution in [2.24, 2.45) is 13.0 Å². The van der Waals surface area contributed by atoms with Gasteiger partial charge in [0.1, 0.15) is 10.8 Å². The summed E-state index contributed by atoms with van der Waals surface area (Å²) in [7, 11) is -2.56. The van der Waals surface area contributed by atoms with Gasteiger partial charge in [0.25, 0.3) is 5.92 Å². The average Bonchev–Trinajstić information content (AvgIpc) is 2.80. The number of pyridine rings is 1. The molecule has 0 saturated carbocycles. The lowest BCUT2D eigenvalue weighted by molar-refractivity contribution is -0.163. The number of alkyl halides is 2. The van der Waals surface area contributed by atoms with Gasteiger partial charge in [0.05, 0.1) is 12.2 Å². The first-order valence-corrected chi connectivity index (χ1v) is 8.88. The molecule has 0 aromatic carbocycles. The molecule has 3 heterocycles. The maximum absolute atomic E-state index is 14.0. The number of carboxylic acids is 1. The second-order valence-corrected chi connectivity index (χ2v) is 7.97. The van der Waals surface area contributed by atoms with Crippen LogP contribution < -0.4 is 0 Å². The molecule has 1 aliphatic heterocycles. The van der Waals surface area contributed by atoms with E-state index < -0.39 is 40.8 Å². The molecule has 2 aromatic heterocycles. The zero-order valence-corrected chi connectivity index (χ0v) is 14.3. The van der Waals surface area contributed by atoms with Crippen LogP contribution in [0.25, 0.3) is 11.0 Å². The zero-order valence-electron chi connectivity index (χ0n) is 13.5. The third kappa shape index (κ3) is 2.86. The van der Waals surface area contributed by atoms with Crippen LogP contribution in [0, 0.1) is 12.8 Å². The van der Waals surface area contributed by atoms with Crippen molar-refractivity contribution in [2.45, 2.75) is 24.2 Å².